The van der Waals surface area contributed by atoms with Gasteiger partial charge in [0.05, 0.1) is 18.8 Å². The molecule has 1 aromatic rings. The molecule has 72 valence electrons. The highest BCUT2D eigenvalue weighted by molar-refractivity contribution is 4.96. The molecule has 6 heteroatoms. The summed E-state index contributed by atoms with van der Waals surface area (Å²) in [5.41, 5.74) is -0.283. The van der Waals surface area contributed by atoms with Gasteiger partial charge in [-0.2, -0.15) is 5.10 Å². The topological polar surface area (TPSA) is 82.8 Å². The second kappa shape index (κ2) is 3.31. The molecule has 13 heavy (non-hydrogen) atoms. The van der Waals surface area contributed by atoms with Gasteiger partial charge in [-0.1, -0.05) is 0 Å². The number of morpholine rings is 1. The molecule has 6 nitrogen and oxygen atoms in total. The van der Waals surface area contributed by atoms with E-state index in [0.29, 0.717) is 12.4 Å². The normalized spacial score (nSPS) is 29.0. The molecule has 0 amide bonds. The number of aromatic amines is 2. The molecule has 0 radical (unpaired) electrons. The van der Waals surface area contributed by atoms with Gasteiger partial charge in [-0.05, 0) is 6.92 Å². The standard InChI is InChI=1S/C7H12N4O2/c1-4-5(8-2-3-13-4)6-9-7(12)11-10-6/h4-5,8H,2-3H2,1H3,(H2,9,10,11,12). The molecule has 0 saturated carbocycles. The maximum absolute atomic E-state index is 10.8. The van der Waals surface area contributed by atoms with Crippen LogP contribution in [0.2, 0.25) is 0 Å². The molecule has 2 heterocycles. The molecular formula is C7H12N4O2. The number of H-pyrrole nitrogens is 2. The molecule has 0 spiro atoms. The average molecular weight is 184 g/mol. The fraction of sp³-hybridized carbons (Fsp3) is 0.714. The molecule has 1 fully saturated rings. The molecule has 0 bridgehead atoms. The summed E-state index contributed by atoms with van der Waals surface area (Å²) in [5, 5.41) is 9.40. The van der Waals surface area contributed by atoms with Gasteiger partial charge in [0.25, 0.3) is 0 Å². The van der Waals surface area contributed by atoms with Crippen LogP contribution in [-0.2, 0) is 4.74 Å². The number of rotatable bonds is 1. The van der Waals surface area contributed by atoms with Gasteiger partial charge in [0.15, 0.2) is 5.82 Å². The van der Waals surface area contributed by atoms with Crippen molar-refractivity contribution in [3.8, 4) is 0 Å². The first-order valence-electron chi connectivity index (χ1n) is 4.27. The zero-order chi connectivity index (χ0) is 9.26. The maximum atomic E-state index is 10.8. The van der Waals surface area contributed by atoms with E-state index in [2.05, 4.69) is 20.5 Å². The third-order valence-electron chi connectivity index (χ3n) is 2.13. The van der Waals surface area contributed by atoms with E-state index in [1.807, 2.05) is 6.92 Å². The monoisotopic (exact) mass is 184 g/mol. The molecule has 1 saturated heterocycles. The van der Waals surface area contributed by atoms with Gasteiger partial charge < -0.3 is 10.1 Å². The predicted molar refractivity (Wildman–Crippen MR) is 45.4 cm³/mol. The van der Waals surface area contributed by atoms with Gasteiger partial charge in [0.1, 0.15) is 0 Å². The third kappa shape index (κ3) is 1.63. The highest BCUT2D eigenvalue weighted by Gasteiger charge is 2.25. The van der Waals surface area contributed by atoms with Crippen LogP contribution in [0.25, 0.3) is 0 Å². The molecule has 2 rings (SSSR count). The first-order valence-corrected chi connectivity index (χ1v) is 4.27. The van der Waals surface area contributed by atoms with Crippen molar-refractivity contribution in [3.05, 3.63) is 16.3 Å². The van der Waals surface area contributed by atoms with E-state index in [4.69, 9.17) is 4.74 Å². The van der Waals surface area contributed by atoms with Crippen LogP contribution in [-0.4, -0.2) is 34.4 Å². The van der Waals surface area contributed by atoms with Crippen molar-refractivity contribution in [1.29, 1.82) is 0 Å². The largest absolute Gasteiger partial charge is 0.375 e. The first kappa shape index (κ1) is 8.46. The van der Waals surface area contributed by atoms with Gasteiger partial charge in [-0.3, -0.25) is 4.98 Å². The van der Waals surface area contributed by atoms with Crippen LogP contribution < -0.4 is 11.0 Å². The Kier molecular flexibility index (Phi) is 2.15. The molecule has 1 aliphatic rings. The molecule has 0 aromatic carbocycles. The molecule has 2 unspecified atom stereocenters. The van der Waals surface area contributed by atoms with Crippen LogP contribution in [0.5, 0.6) is 0 Å². The molecule has 2 atom stereocenters. The molecule has 1 aromatic heterocycles. The second-order valence-corrected chi connectivity index (χ2v) is 3.07. The number of ether oxygens (including phenoxy) is 1. The van der Waals surface area contributed by atoms with Crippen LogP contribution in [0.3, 0.4) is 0 Å². The van der Waals surface area contributed by atoms with Crippen LogP contribution in [0, 0.1) is 0 Å². The summed E-state index contributed by atoms with van der Waals surface area (Å²) in [6, 6.07) is -0.0206. The van der Waals surface area contributed by atoms with Crippen LogP contribution in [0.1, 0.15) is 18.8 Å². The maximum Gasteiger partial charge on any atom is 0.340 e. The van der Waals surface area contributed by atoms with Crippen LogP contribution in [0.15, 0.2) is 4.79 Å². The molecule has 1 aliphatic heterocycles. The Balaban J connectivity index is 2.19. The van der Waals surface area contributed by atoms with E-state index in [-0.39, 0.29) is 17.8 Å². The van der Waals surface area contributed by atoms with Gasteiger partial charge in [0, 0.05) is 6.54 Å². The Morgan fingerprint density at radius 1 is 1.62 bits per heavy atom. The zero-order valence-electron chi connectivity index (χ0n) is 7.33. The number of nitrogens with one attached hydrogen (secondary N) is 3. The molecular weight excluding hydrogens is 172 g/mol. The summed E-state index contributed by atoms with van der Waals surface area (Å²) in [6.45, 7) is 3.43. The van der Waals surface area contributed by atoms with E-state index in [0.717, 1.165) is 6.54 Å². The molecule has 0 aliphatic carbocycles. The predicted octanol–water partition coefficient (Wildman–Crippen LogP) is -0.853. The van der Waals surface area contributed by atoms with Crippen LogP contribution in [0.4, 0.5) is 0 Å². The lowest BCUT2D eigenvalue weighted by Gasteiger charge is -2.28. The summed E-state index contributed by atoms with van der Waals surface area (Å²) in [5.74, 6) is 0.609. The van der Waals surface area contributed by atoms with Crippen molar-refractivity contribution < 1.29 is 4.74 Å². The minimum Gasteiger partial charge on any atom is -0.375 e. The minimum absolute atomic E-state index is 0.0206. The van der Waals surface area contributed by atoms with Crippen LogP contribution >= 0.6 is 0 Å². The summed E-state index contributed by atoms with van der Waals surface area (Å²) in [7, 11) is 0. The van der Waals surface area contributed by atoms with Crippen molar-refractivity contribution in [2.45, 2.75) is 19.1 Å². The van der Waals surface area contributed by atoms with Gasteiger partial charge in [0.2, 0.25) is 0 Å². The number of hydrogen-bond acceptors (Lipinski definition) is 4. The third-order valence-corrected chi connectivity index (χ3v) is 2.13. The summed E-state index contributed by atoms with van der Waals surface area (Å²) >= 11 is 0. The van der Waals surface area contributed by atoms with Gasteiger partial charge in [-0.25, -0.2) is 9.89 Å². The minimum atomic E-state index is -0.283. The lowest BCUT2D eigenvalue weighted by atomic mass is 10.1. The van der Waals surface area contributed by atoms with E-state index < -0.39 is 0 Å². The number of aromatic nitrogens is 3. The van der Waals surface area contributed by atoms with E-state index in [1.54, 1.807) is 0 Å². The fourth-order valence-electron chi connectivity index (χ4n) is 1.47. The van der Waals surface area contributed by atoms with Gasteiger partial charge in [-0.15, -0.1) is 0 Å². The number of hydrogen-bond donors (Lipinski definition) is 3. The Morgan fingerprint density at radius 3 is 3.08 bits per heavy atom. The van der Waals surface area contributed by atoms with Crippen molar-refractivity contribution >= 4 is 0 Å². The summed E-state index contributed by atoms with van der Waals surface area (Å²) in [6.07, 6.45) is 0.0349. The Bertz CT molecular complexity index is 331. The second-order valence-electron chi connectivity index (χ2n) is 3.07. The van der Waals surface area contributed by atoms with Crippen molar-refractivity contribution in [3.63, 3.8) is 0 Å². The average Bonchev–Trinajstić information content (AvgIpc) is 2.53. The highest BCUT2D eigenvalue weighted by atomic mass is 16.5. The molecule has 3 N–H and O–H groups in total. The Labute approximate surface area is 74.7 Å². The van der Waals surface area contributed by atoms with Crippen molar-refractivity contribution in [2.75, 3.05) is 13.2 Å². The Morgan fingerprint density at radius 2 is 2.46 bits per heavy atom. The summed E-state index contributed by atoms with van der Waals surface area (Å²) in [4.78, 5) is 13.4. The quantitative estimate of drug-likeness (QED) is 0.530. The summed E-state index contributed by atoms with van der Waals surface area (Å²) < 4.78 is 5.42. The Hall–Kier alpha value is -1.14. The van der Waals surface area contributed by atoms with E-state index >= 15 is 0 Å². The highest BCUT2D eigenvalue weighted by Crippen LogP contribution is 2.16. The number of nitrogens with zero attached hydrogens (tertiary/aromatic N) is 1. The van der Waals surface area contributed by atoms with Crippen molar-refractivity contribution in [2.24, 2.45) is 0 Å². The fourth-order valence-corrected chi connectivity index (χ4v) is 1.47. The zero-order valence-corrected chi connectivity index (χ0v) is 7.33. The van der Waals surface area contributed by atoms with Gasteiger partial charge >= 0.3 is 5.69 Å². The SMILES string of the molecule is CC1OCCNC1c1n[nH]c(=O)[nH]1. The smallest absolute Gasteiger partial charge is 0.340 e. The van der Waals surface area contributed by atoms with E-state index in [9.17, 15) is 4.79 Å². The lowest BCUT2D eigenvalue weighted by molar-refractivity contribution is 0.00521. The first-order chi connectivity index (χ1) is 6.27. The van der Waals surface area contributed by atoms with Crippen molar-refractivity contribution in [1.82, 2.24) is 20.5 Å². The van der Waals surface area contributed by atoms with E-state index in [1.165, 1.54) is 0 Å². The lowest BCUT2D eigenvalue weighted by Crippen LogP contribution is -2.41.